The number of carbonyl (C=O) groups excluding carboxylic acids is 1. The van der Waals surface area contributed by atoms with Gasteiger partial charge in [0.05, 0.1) is 17.1 Å². The van der Waals surface area contributed by atoms with Crippen molar-refractivity contribution in [1.29, 1.82) is 0 Å². The average molecular weight is 487 g/mol. The first-order valence-corrected chi connectivity index (χ1v) is 11.5. The van der Waals surface area contributed by atoms with E-state index in [9.17, 15) is 26.4 Å². The van der Waals surface area contributed by atoms with Crippen LogP contribution < -0.4 is 10.0 Å². The third-order valence-electron chi connectivity index (χ3n) is 4.93. The van der Waals surface area contributed by atoms with Crippen molar-refractivity contribution >= 4 is 33.1 Å². The van der Waals surface area contributed by atoms with Crippen LogP contribution in [0.3, 0.4) is 0 Å². The van der Waals surface area contributed by atoms with Gasteiger partial charge in [0.2, 0.25) is 5.91 Å². The first-order valence-electron chi connectivity index (χ1n) is 9.20. The Morgan fingerprint density at radius 1 is 1.22 bits per heavy atom. The highest BCUT2D eigenvalue weighted by Gasteiger charge is 2.41. The molecule has 2 N–H and O–H groups in total. The van der Waals surface area contributed by atoms with Gasteiger partial charge in [0.15, 0.2) is 17.5 Å². The van der Waals surface area contributed by atoms with Gasteiger partial charge in [-0.05, 0) is 6.42 Å². The van der Waals surface area contributed by atoms with E-state index >= 15 is 0 Å². The lowest BCUT2D eigenvalue weighted by atomic mass is 10.1. The second-order valence-electron chi connectivity index (χ2n) is 7.15. The number of carbonyl (C=O) groups is 1. The van der Waals surface area contributed by atoms with Crippen LogP contribution in [0.25, 0.3) is 10.4 Å². The summed E-state index contributed by atoms with van der Waals surface area (Å²) in [6.07, 6.45) is 5.02. The van der Waals surface area contributed by atoms with E-state index in [1.54, 1.807) is 30.3 Å². The summed E-state index contributed by atoms with van der Waals surface area (Å²) in [5, 5.41) is 6.78. The van der Waals surface area contributed by atoms with Crippen LogP contribution in [0.15, 0.2) is 30.7 Å². The average Bonchev–Trinajstić information content (AvgIpc) is 3.37. The molecule has 1 aliphatic rings. The third kappa shape index (κ3) is 4.26. The molecule has 32 heavy (non-hydrogen) atoms. The molecule has 0 radical (unpaired) electrons. The molecular formula is C18H17F3N6O3S2. The number of amides is 1. The molecule has 0 saturated carbocycles. The number of anilines is 1. The minimum atomic E-state index is -4.05. The molecule has 1 amide bonds. The Balaban J connectivity index is 1.58. The smallest absolute Gasteiger partial charge is 0.280 e. The number of halogens is 3. The van der Waals surface area contributed by atoms with E-state index in [2.05, 4.69) is 20.1 Å². The predicted molar refractivity (Wildman–Crippen MR) is 110 cm³/mol. The highest BCUT2D eigenvalue weighted by molar-refractivity contribution is 7.87. The van der Waals surface area contributed by atoms with Gasteiger partial charge in [-0.25, -0.2) is 18.2 Å². The molecule has 0 spiro atoms. The fourth-order valence-electron chi connectivity index (χ4n) is 3.26. The molecule has 0 bridgehead atoms. The van der Waals surface area contributed by atoms with E-state index in [0.29, 0.717) is 17.1 Å². The summed E-state index contributed by atoms with van der Waals surface area (Å²) in [6, 6.07) is -0.772. The summed E-state index contributed by atoms with van der Waals surface area (Å²) in [5.74, 6) is -5.44. The van der Waals surface area contributed by atoms with Crippen LogP contribution in [0, 0.1) is 17.5 Å². The first kappa shape index (κ1) is 22.4. The van der Waals surface area contributed by atoms with Gasteiger partial charge < -0.3 is 5.32 Å². The van der Waals surface area contributed by atoms with Gasteiger partial charge in [-0.1, -0.05) is 0 Å². The lowest BCUT2D eigenvalue weighted by Gasteiger charge is -2.35. The minimum Gasteiger partial charge on any atom is -0.324 e. The van der Waals surface area contributed by atoms with E-state index < -0.39 is 45.7 Å². The molecule has 3 heterocycles. The van der Waals surface area contributed by atoms with Crippen molar-refractivity contribution < 1.29 is 26.4 Å². The lowest BCUT2D eigenvalue weighted by Crippen LogP contribution is -2.55. The molecule has 170 valence electrons. The Hall–Kier alpha value is -2.81. The van der Waals surface area contributed by atoms with Crippen molar-refractivity contribution in [2.24, 2.45) is 7.05 Å². The molecule has 2 unspecified atom stereocenters. The molecule has 1 fully saturated rings. The van der Waals surface area contributed by atoms with E-state index in [-0.39, 0.29) is 12.1 Å². The number of aromatic nitrogens is 3. The van der Waals surface area contributed by atoms with Crippen molar-refractivity contribution in [2.45, 2.75) is 18.5 Å². The molecule has 1 aliphatic heterocycles. The van der Waals surface area contributed by atoms with Gasteiger partial charge in [0.25, 0.3) is 10.2 Å². The van der Waals surface area contributed by atoms with Crippen molar-refractivity contribution in [1.82, 2.24) is 23.8 Å². The number of thiazole rings is 1. The molecule has 1 saturated heterocycles. The zero-order valence-electron chi connectivity index (χ0n) is 16.7. The van der Waals surface area contributed by atoms with Gasteiger partial charge in [0, 0.05) is 49.9 Å². The number of nitrogens with zero attached hydrogens (tertiary/aromatic N) is 4. The third-order valence-corrected chi connectivity index (χ3v) is 7.69. The van der Waals surface area contributed by atoms with Crippen molar-refractivity contribution in [2.75, 3.05) is 12.4 Å². The molecule has 9 nitrogen and oxygen atoms in total. The zero-order valence-corrected chi connectivity index (χ0v) is 18.3. The second-order valence-corrected chi connectivity index (χ2v) is 9.98. The monoisotopic (exact) mass is 486 g/mol. The first-order chi connectivity index (χ1) is 15.0. The van der Waals surface area contributed by atoms with E-state index in [1.807, 2.05) is 0 Å². The fraction of sp³-hybridized carbons (Fsp3) is 0.278. The van der Waals surface area contributed by atoms with Gasteiger partial charge in [-0.15, -0.1) is 11.3 Å². The van der Waals surface area contributed by atoms with E-state index in [1.165, 1.54) is 18.4 Å². The van der Waals surface area contributed by atoms with Gasteiger partial charge in [0.1, 0.15) is 11.0 Å². The summed E-state index contributed by atoms with van der Waals surface area (Å²) in [6.45, 7) is 0. The molecule has 3 aromatic rings. The molecule has 14 heteroatoms. The SMILES string of the molecule is CN1C(C(=O)Nc2cc(F)c(F)c(F)c2)CC(c2ncc(-c3cnn(C)c3)s2)NS1(=O)=O. The van der Waals surface area contributed by atoms with Crippen LogP contribution in [-0.4, -0.2) is 46.5 Å². The Kier molecular flexibility index (Phi) is 5.79. The van der Waals surface area contributed by atoms with Crippen LogP contribution >= 0.6 is 11.3 Å². The van der Waals surface area contributed by atoms with Crippen molar-refractivity contribution in [3.8, 4) is 10.4 Å². The normalized spacial score (nSPS) is 20.9. The number of aryl methyl sites for hydroxylation is 1. The molecule has 4 rings (SSSR count). The summed E-state index contributed by atoms with van der Waals surface area (Å²) >= 11 is 1.25. The standard InChI is InChI=1S/C18H17F3N6O3S2/c1-26-8-9(6-23-26)15-7-22-18(31-15)13-5-14(27(2)32(29,30)25-13)17(28)24-10-3-11(19)16(21)12(20)4-10/h3-4,6-8,13-14,25H,5H2,1-2H3,(H,24,28). The highest BCUT2D eigenvalue weighted by Crippen LogP contribution is 2.34. The number of benzene rings is 1. The van der Waals surface area contributed by atoms with Crippen LogP contribution in [-0.2, 0) is 22.1 Å². The highest BCUT2D eigenvalue weighted by atomic mass is 32.2. The van der Waals surface area contributed by atoms with Crippen LogP contribution in [0.4, 0.5) is 18.9 Å². The lowest BCUT2D eigenvalue weighted by molar-refractivity contribution is -0.120. The molecule has 0 aliphatic carbocycles. The van der Waals surface area contributed by atoms with Gasteiger partial charge in [-0.3, -0.25) is 9.48 Å². The number of hydrogen-bond acceptors (Lipinski definition) is 6. The molecule has 2 atom stereocenters. The molecule has 1 aromatic carbocycles. The van der Waals surface area contributed by atoms with Crippen LogP contribution in [0.1, 0.15) is 17.5 Å². The van der Waals surface area contributed by atoms with Crippen LogP contribution in [0.2, 0.25) is 0 Å². The van der Waals surface area contributed by atoms with E-state index in [4.69, 9.17) is 0 Å². The number of nitrogens with one attached hydrogen (secondary N) is 2. The van der Waals surface area contributed by atoms with Crippen molar-refractivity contribution in [3.05, 3.63) is 53.2 Å². The Morgan fingerprint density at radius 3 is 2.53 bits per heavy atom. The predicted octanol–water partition coefficient (Wildman–Crippen LogP) is 2.18. The Labute approximate surface area is 185 Å². The number of likely N-dealkylation sites (N-methyl/N-ethyl adjacent to an activating group) is 1. The summed E-state index contributed by atoms with van der Waals surface area (Å²) in [7, 11) is -1.09. The van der Waals surface area contributed by atoms with Crippen LogP contribution in [0.5, 0.6) is 0 Å². The molecular weight excluding hydrogens is 469 g/mol. The largest absolute Gasteiger partial charge is 0.324 e. The van der Waals surface area contributed by atoms with Gasteiger partial charge in [-0.2, -0.15) is 22.5 Å². The Bertz CT molecular complexity index is 1270. The van der Waals surface area contributed by atoms with Gasteiger partial charge >= 0.3 is 0 Å². The maximum atomic E-state index is 13.5. The summed E-state index contributed by atoms with van der Waals surface area (Å²) < 4.78 is 70.2. The second kappa shape index (κ2) is 8.27. The number of hydrogen-bond donors (Lipinski definition) is 2. The molecule has 2 aromatic heterocycles. The van der Waals surface area contributed by atoms with Crippen molar-refractivity contribution in [3.63, 3.8) is 0 Å². The fourth-order valence-corrected chi connectivity index (χ4v) is 5.54. The van der Waals surface area contributed by atoms with E-state index in [0.717, 1.165) is 14.7 Å². The summed E-state index contributed by atoms with van der Waals surface area (Å²) in [4.78, 5) is 17.8. The Morgan fingerprint density at radius 2 is 1.91 bits per heavy atom. The topological polar surface area (TPSA) is 109 Å². The zero-order chi connectivity index (χ0) is 23.2. The minimum absolute atomic E-state index is 0.00765. The maximum Gasteiger partial charge on any atom is 0.280 e. The number of rotatable bonds is 4. The summed E-state index contributed by atoms with van der Waals surface area (Å²) in [5.41, 5.74) is 0.474. The quantitative estimate of drug-likeness (QED) is 0.550. The maximum absolute atomic E-state index is 13.5.